The van der Waals surface area contributed by atoms with Crippen LogP contribution in [0.3, 0.4) is 0 Å². The molecule has 0 radical (unpaired) electrons. The number of anilines is 1. The molecule has 4 aromatic rings. The van der Waals surface area contributed by atoms with Gasteiger partial charge in [0.2, 0.25) is 0 Å². The van der Waals surface area contributed by atoms with Crippen molar-refractivity contribution >= 4 is 28.7 Å². The summed E-state index contributed by atoms with van der Waals surface area (Å²) < 4.78 is 10.7. The van der Waals surface area contributed by atoms with Crippen LogP contribution < -0.4 is 5.32 Å². The summed E-state index contributed by atoms with van der Waals surface area (Å²) in [5, 5.41) is 2.85. The second kappa shape index (κ2) is 6.92. The highest BCUT2D eigenvalue weighted by molar-refractivity contribution is 6.16. The molecule has 0 fully saturated rings. The van der Waals surface area contributed by atoms with E-state index in [4.69, 9.17) is 9.15 Å². The third-order valence-electron chi connectivity index (χ3n) is 4.20. The molecule has 0 aliphatic carbocycles. The van der Waals surface area contributed by atoms with Gasteiger partial charge < -0.3 is 14.5 Å². The highest BCUT2D eigenvalue weighted by Gasteiger charge is 2.24. The van der Waals surface area contributed by atoms with Gasteiger partial charge in [-0.1, -0.05) is 0 Å². The number of nitrogens with zero attached hydrogens (tertiary/aromatic N) is 1. The maximum Gasteiger partial charge on any atom is 0.338 e. The molecule has 0 unspecified atom stereocenters. The molecule has 27 heavy (non-hydrogen) atoms. The molecule has 0 spiro atoms. The van der Waals surface area contributed by atoms with Crippen molar-refractivity contribution in [3.8, 4) is 11.1 Å². The molecule has 6 heteroatoms. The number of pyridine rings is 1. The molecule has 3 heterocycles. The Kier molecular flexibility index (Phi) is 4.30. The van der Waals surface area contributed by atoms with Gasteiger partial charge in [-0.05, 0) is 61.0 Å². The van der Waals surface area contributed by atoms with Crippen LogP contribution in [0.15, 0.2) is 65.3 Å². The van der Waals surface area contributed by atoms with Crippen molar-refractivity contribution in [3.63, 3.8) is 0 Å². The Balaban J connectivity index is 1.61. The highest BCUT2D eigenvalue weighted by atomic mass is 16.5. The lowest BCUT2D eigenvalue weighted by atomic mass is 10.00. The first-order chi connectivity index (χ1) is 13.2. The van der Waals surface area contributed by atoms with E-state index in [9.17, 15) is 9.59 Å². The van der Waals surface area contributed by atoms with Crippen LogP contribution in [0.25, 0.3) is 22.3 Å². The summed E-state index contributed by atoms with van der Waals surface area (Å²) in [6, 6.07) is 13.9. The number of carbonyl (C=O) groups excluding carboxylic acids is 2. The zero-order valence-corrected chi connectivity index (χ0v) is 14.6. The Hall–Kier alpha value is -3.67. The van der Waals surface area contributed by atoms with Gasteiger partial charge >= 0.3 is 5.97 Å². The molecule has 1 amide bonds. The first kappa shape index (κ1) is 16.8. The first-order valence-corrected chi connectivity index (χ1v) is 8.51. The minimum atomic E-state index is -0.392. The van der Waals surface area contributed by atoms with Gasteiger partial charge in [-0.25, -0.2) is 4.79 Å². The fraction of sp³-hybridized carbons (Fsp3) is 0.0952. The van der Waals surface area contributed by atoms with Crippen LogP contribution in [0, 0.1) is 0 Å². The van der Waals surface area contributed by atoms with Gasteiger partial charge in [-0.3, -0.25) is 9.78 Å². The van der Waals surface area contributed by atoms with Crippen LogP contribution in [0.4, 0.5) is 5.69 Å². The number of aromatic nitrogens is 1. The predicted molar refractivity (Wildman–Crippen MR) is 101 cm³/mol. The molecular formula is C21H16N2O4. The van der Waals surface area contributed by atoms with Crippen LogP contribution >= 0.6 is 0 Å². The molecular weight excluding hydrogens is 344 g/mol. The summed E-state index contributed by atoms with van der Waals surface area (Å²) >= 11 is 0. The van der Waals surface area contributed by atoms with E-state index in [1.165, 1.54) is 0 Å². The number of hydrogen-bond acceptors (Lipinski definition) is 5. The van der Waals surface area contributed by atoms with Crippen molar-refractivity contribution in [1.29, 1.82) is 0 Å². The normalized spacial score (nSPS) is 10.9. The lowest BCUT2D eigenvalue weighted by Crippen LogP contribution is -2.13. The fourth-order valence-electron chi connectivity index (χ4n) is 2.98. The molecule has 4 rings (SSSR count). The lowest BCUT2D eigenvalue weighted by Gasteiger charge is -2.08. The van der Waals surface area contributed by atoms with E-state index in [0.717, 1.165) is 11.1 Å². The average Bonchev–Trinajstić information content (AvgIpc) is 3.31. The molecule has 0 saturated heterocycles. The Morgan fingerprint density at radius 1 is 1.00 bits per heavy atom. The van der Waals surface area contributed by atoms with Crippen molar-refractivity contribution in [2.24, 2.45) is 0 Å². The van der Waals surface area contributed by atoms with Crippen LogP contribution in [0.2, 0.25) is 0 Å². The van der Waals surface area contributed by atoms with Gasteiger partial charge in [0.15, 0.2) is 0 Å². The van der Waals surface area contributed by atoms with E-state index in [2.05, 4.69) is 10.3 Å². The van der Waals surface area contributed by atoms with Gasteiger partial charge in [0, 0.05) is 23.6 Å². The topological polar surface area (TPSA) is 81.4 Å². The van der Waals surface area contributed by atoms with Crippen LogP contribution in [0.5, 0.6) is 0 Å². The molecule has 134 valence electrons. The van der Waals surface area contributed by atoms with Crippen LogP contribution in [0.1, 0.15) is 27.6 Å². The summed E-state index contributed by atoms with van der Waals surface area (Å²) in [6.45, 7) is 2.07. The van der Waals surface area contributed by atoms with Crippen molar-refractivity contribution < 1.29 is 18.7 Å². The van der Waals surface area contributed by atoms with Crippen LogP contribution in [-0.2, 0) is 4.74 Å². The third-order valence-corrected chi connectivity index (χ3v) is 4.20. The number of nitrogens with one attached hydrogen (secondary N) is 1. The molecule has 0 saturated carbocycles. The van der Waals surface area contributed by atoms with Gasteiger partial charge in [0.05, 0.1) is 17.7 Å². The second-order valence-corrected chi connectivity index (χ2v) is 5.90. The number of amides is 1. The fourth-order valence-corrected chi connectivity index (χ4v) is 2.98. The minimum Gasteiger partial charge on any atom is -0.462 e. The molecule has 6 nitrogen and oxygen atoms in total. The number of hydrogen-bond donors (Lipinski definition) is 1. The van der Waals surface area contributed by atoms with Crippen LogP contribution in [-0.4, -0.2) is 23.5 Å². The molecule has 3 aromatic heterocycles. The summed E-state index contributed by atoms with van der Waals surface area (Å²) in [5.74, 6) is -0.670. The van der Waals surface area contributed by atoms with Gasteiger partial charge in [-0.2, -0.15) is 0 Å². The van der Waals surface area contributed by atoms with Gasteiger partial charge in [0.25, 0.3) is 5.91 Å². The number of carbonyl (C=O) groups is 2. The van der Waals surface area contributed by atoms with E-state index >= 15 is 0 Å². The molecule has 0 aliphatic heterocycles. The summed E-state index contributed by atoms with van der Waals surface area (Å²) in [5.41, 5.74) is 4.27. The predicted octanol–water partition coefficient (Wildman–Crippen LogP) is 4.36. The summed E-state index contributed by atoms with van der Waals surface area (Å²) in [6.07, 6.45) is 3.35. The largest absolute Gasteiger partial charge is 0.462 e. The van der Waals surface area contributed by atoms with E-state index in [1.807, 2.05) is 18.2 Å². The molecule has 0 atom stereocenters. The monoisotopic (exact) mass is 360 g/mol. The zero-order chi connectivity index (χ0) is 18.8. The molecule has 1 aromatic carbocycles. The molecule has 2 bridgehead atoms. The average molecular weight is 360 g/mol. The number of furan rings is 2. The molecule has 1 N–H and O–H groups in total. The van der Waals surface area contributed by atoms with Crippen molar-refractivity contribution in [2.45, 2.75) is 6.92 Å². The van der Waals surface area contributed by atoms with Crippen molar-refractivity contribution in [1.82, 2.24) is 4.98 Å². The zero-order valence-electron chi connectivity index (χ0n) is 14.6. The number of fused-ring (bicyclic) bond motifs is 2. The summed E-state index contributed by atoms with van der Waals surface area (Å²) in [4.78, 5) is 28.6. The summed E-state index contributed by atoms with van der Waals surface area (Å²) in [7, 11) is 0. The minimum absolute atomic E-state index is 0.278. The van der Waals surface area contributed by atoms with Crippen molar-refractivity contribution in [3.05, 3.63) is 72.1 Å². The maximum atomic E-state index is 12.9. The van der Waals surface area contributed by atoms with E-state index in [0.29, 0.717) is 34.6 Å². The SMILES string of the molecule is CCOC(=O)c1ccc(NC(=O)c2c(-c3ccncc3)c3ccc2o3)cc1. The Bertz CT molecular complexity index is 1080. The third kappa shape index (κ3) is 3.13. The quantitative estimate of drug-likeness (QED) is 0.535. The standard InChI is InChI=1S/C21H16N2O4/c1-2-26-21(25)14-3-5-15(6-4-14)23-20(24)19-17-8-7-16(27-17)18(19)13-9-11-22-12-10-13/h3-12H,2H2,1H3,(H,23,24). The van der Waals surface area contributed by atoms with E-state index in [1.54, 1.807) is 49.6 Å². The van der Waals surface area contributed by atoms with Gasteiger partial charge in [-0.15, -0.1) is 0 Å². The number of rotatable bonds is 5. The van der Waals surface area contributed by atoms with E-state index < -0.39 is 5.97 Å². The lowest BCUT2D eigenvalue weighted by molar-refractivity contribution is 0.0526. The Morgan fingerprint density at radius 2 is 1.70 bits per heavy atom. The number of ether oxygens (including phenoxy) is 1. The Labute approximate surface area is 155 Å². The number of esters is 1. The van der Waals surface area contributed by atoms with E-state index in [-0.39, 0.29) is 5.91 Å². The van der Waals surface area contributed by atoms with Crippen molar-refractivity contribution in [2.75, 3.05) is 11.9 Å². The first-order valence-electron chi connectivity index (χ1n) is 8.51. The molecule has 0 aliphatic rings. The smallest absolute Gasteiger partial charge is 0.338 e. The number of benzene rings is 2. The highest BCUT2D eigenvalue weighted by Crippen LogP contribution is 2.37. The second-order valence-electron chi connectivity index (χ2n) is 5.90. The van der Waals surface area contributed by atoms with Gasteiger partial charge in [0.1, 0.15) is 11.2 Å². The Morgan fingerprint density at radius 3 is 2.41 bits per heavy atom. The maximum absolute atomic E-state index is 12.9.